The van der Waals surface area contributed by atoms with Crippen LogP contribution in [-0.4, -0.2) is 50.5 Å². The van der Waals surface area contributed by atoms with Crippen molar-refractivity contribution < 1.29 is 22.4 Å². The minimum Gasteiger partial charge on any atom is -0.354 e. The summed E-state index contributed by atoms with van der Waals surface area (Å²) in [5.41, 5.74) is 0.931. The highest BCUT2D eigenvalue weighted by atomic mass is 79.9. The van der Waals surface area contributed by atoms with Gasteiger partial charge in [0.1, 0.15) is 18.4 Å². The molecule has 0 aliphatic heterocycles. The van der Waals surface area contributed by atoms with E-state index in [1.165, 1.54) is 29.2 Å². The molecule has 0 radical (unpaired) electrons. The molecule has 0 heterocycles. The zero-order valence-corrected chi connectivity index (χ0v) is 21.5. The molecule has 0 aromatic heterocycles. The molecule has 1 unspecified atom stereocenters. The molecule has 2 amide bonds. The van der Waals surface area contributed by atoms with Gasteiger partial charge in [-0.05, 0) is 48.7 Å². The summed E-state index contributed by atoms with van der Waals surface area (Å²) in [6, 6.07) is 11.3. The molecule has 2 aromatic rings. The maximum absolute atomic E-state index is 13.4. The van der Waals surface area contributed by atoms with Crippen LogP contribution in [0.4, 0.5) is 10.1 Å². The molecule has 2 rings (SSSR count). The minimum atomic E-state index is -3.79. The molecule has 0 spiro atoms. The smallest absolute Gasteiger partial charge is 0.244 e. The van der Waals surface area contributed by atoms with Crippen LogP contribution in [0.2, 0.25) is 0 Å². The third-order valence-electron chi connectivity index (χ3n) is 4.89. The largest absolute Gasteiger partial charge is 0.354 e. The minimum absolute atomic E-state index is 0.0193. The van der Waals surface area contributed by atoms with Crippen LogP contribution < -0.4 is 9.62 Å². The fraction of sp³-hybridized carbons (Fsp3) is 0.391. The lowest BCUT2D eigenvalue weighted by Gasteiger charge is -2.31. The number of nitrogens with one attached hydrogen (secondary N) is 1. The van der Waals surface area contributed by atoms with Gasteiger partial charge >= 0.3 is 0 Å². The number of rotatable bonds is 10. The van der Waals surface area contributed by atoms with Crippen molar-refractivity contribution in [2.24, 2.45) is 5.92 Å². The molecule has 0 saturated heterocycles. The number of carbonyl (C=O) groups excluding carboxylic acids is 2. The number of halogens is 2. The van der Waals surface area contributed by atoms with Crippen molar-refractivity contribution in [3.63, 3.8) is 0 Å². The number of anilines is 1. The van der Waals surface area contributed by atoms with Crippen molar-refractivity contribution in [2.75, 3.05) is 23.7 Å². The first-order valence-corrected chi connectivity index (χ1v) is 13.1. The SMILES string of the molecule is CC(C)CNC(=O)C(C)N(Cc1ccc(F)cc1)C(=O)CN(c1cccc(Br)c1)S(C)(=O)=O. The lowest BCUT2D eigenvalue weighted by Crippen LogP contribution is -2.51. The zero-order valence-electron chi connectivity index (χ0n) is 19.1. The third-order valence-corrected chi connectivity index (χ3v) is 6.53. The Morgan fingerprint density at radius 3 is 2.27 bits per heavy atom. The van der Waals surface area contributed by atoms with Gasteiger partial charge in [-0.25, -0.2) is 12.8 Å². The van der Waals surface area contributed by atoms with E-state index in [1.54, 1.807) is 31.2 Å². The lowest BCUT2D eigenvalue weighted by molar-refractivity contribution is -0.139. The van der Waals surface area contributed by atoms with E-state index in [0.717, 1.165) is 10.6 Å². The van der Waals surface area contributed by atoms with Crippen LogP contribution in [0.5, 0.6) is 0 Å². The number of benzene rings is 2. The van der Waals surface area contributed by atoms with Gasteiger partial charge < -0.3 is 10.2 Å². The Kier molecular flexibility index (Phi) is 9.42. The van der Waals surface area contributed by atoms with Gasteiger partial charge in [-0.1, -0.05) is 48.0 Å². The summed E-state index contributed by atoms with van der Waals surface area (Å²) >= 11 is 3.31. The monoisotopic (exact) mass is 541 g/mol. The van der Waals surface area contributed by atoms with E-state index in [0.29, 0.717) is 22.3 Å². The molecule has 0 saturated carbocycles. The van der Waals surface area contributed by atoms with Crippen LogP contribution in [0.3, 0.4) is 0 Å². The van der Waals surface area contributed by atoms with Crippen LogP contribution in [0.15, 0.2) is 53.0 Å². The van der Waals surface area contributed by atoms with Crippen LogP contribution in [-0.2, 0) is 26.2 Å². The zero-order chi connectivity index (χ0) is 24.8. The van der Waals surface area contributed by atoms with Gasteiger partial charge in [0, 0.05) is 17.6 Å². The number of amides is 2. The number of sulfonamides is 1. The average Bonchev–Trinajstić information content (AvgIpc) is 2.73. The molecule has 0 aliphatic carbocycles. The molecular weight excluding hydrogens is 513 g/mol. The highest BCUT2D eigenvalue weighted by Gasteiger charge is 2.30. The highest BCUT2D eigenvalue weighted by Crippen LogP contribution is 2.23. The van der Waals surface area contributed by atoms with Crippen molar-refractivity contribution in [1.29, 1.82) is 0 Å². The molecule has 180 valence electrons. The van der Waals surface area contributed by atoms with Crippen LogP contribution in [0.25, 0.3) is 0 Å². The van der Waals surface area contributed by atoms with Crippen molar-refractivity contribution in [3.05, 3.63) is 64.4 Å². The van der Waals surface area contributed by atoms with Crippen molar-refractivity contribution in [3.8, 4) is 0 Å². The molecule has 10 heteroatoms. The van der Waals surface area contributed by atoms with Gasteiger partial charge in [0.05, 0.1) is 11.9 Å². The van der Waals surface area contributed by atoms with Gasteiger partial charge in [0.25, 0.3) is 0 Å². The Labute approximate surface area is 203 Å². The molecule has 0 fully saturated rings. The first-order chi connectivity index (χ1) is 15.4. The lowest BCUT2D eigenvalue weighted by atomic mass is 10.1. The molecule has 0 bridgehead atoms. The van der Waals surface area contributed by atoms with Crippen molar-refractivity contribution in [2.45, 2.75) is 33.4 Å². The summed E-state index contributed by atoms with van der Waals surface area (Å²) in [6.07, 6.45) is 1.02. The average molecular weight is 542 g/mol. The van der Waals surface area contributed by atoms with Crippen LogP contribution in [0.1, 0.15) is 26.3 Å². The predicted molar refractivity (Wildman–Crippen MR) is 131 cm³/mol. The fourth-order valence-corrected chi connectivity index (χ4v) is 4.30. The molecule has 0 aliphatic rings. The Bertz CT molecular complexity index is 1080. The van der Waals surface area contributed by atoms with E-state index in [-0.39, 0.29) is 18.4 Å². The summed E-state index contributed by atoms with van der Waals surface area (Å²) in [4.78, 5) is 27.4. The number of nitrogens with zero attached hydrogens (tertiary/aromatic N) is 2. The van der Waals surface area contributed by atoms with Crippen LogP contribution in [0, 0.1) is 11.7 Å². The Hall–Kier alpha value is -2.46. The number of carbonyl (C=O) groups is 2. The number of hydrogen-bond acceptors (Lipinski definition) is 4. The predicted octanol–water partition coefficient (Wildman–Crippen LogP) is 3.54. The molecule has 1 atom stereocenters. The van der Waals surface area contributed by atoms with E-state index >= 15 is 0 Å². The Balaban J connectivity index is 2.35. The molecule has 7 nitrogen and oxygen atoms in total. The molecule has 1 N–H and O–H groups in total. The Morgan fingerprint density at radius 1 is 1.09 bits per heavy atom. The van der Waals surface area contributed by atoms with Gasteiger partial charge in [0.15, 0.2) is 0 Å². The molecule has 2 aromatic carbocycles. The van der Waals surface area contributed by atoms with Gasteiger partial charge in [-0.2, -0.15) is 0 Å². The van der Waals surface area contributed by atoms with E-state index in [9.17, 15) is 22.4 Å². The first-order valence-electron chi connectivity index (χ1n) is 10.4. The normalized spacial score (nSPS) is 12.3. The van der Waals surface area contributed by atoms with Crippen molar-refractivity contribution in [1.82, 2.24) is 10.2 Å². The maximum atomic E-state index is 13.4. The summed E-state index contributed by atoms with van der Waals surface area (Å²) in [5.74, 6) is -1.11. The maximum Gasteiger partial charge on any atom is 0.244 e. The second kappa shape index (κ2) is 11.6. The quantitative estimate of drug-likeness (QED) is 0.498. The topological polar surface area (TPSA) is 86.8 Å². The van der Waals surface area contributed by atoms with Gasteiger partial charge in [-0.15, -0.1) is 0 Å². The summed E-state index contributed by atoms with van der Waals surface area (Å²) < 4.78 is 40.0. The molecular formula is C23H29BrFN3O4S. The van der Waals surface area contributed by atoms with E-state index < -0.39 is 34.3 Å². The summed E-state index contributed by atoms with van der Waals surface area (Å²) in [5, 5.41) is 2.80. The summed E-state index contributed by atoms with van der Waals surface area (Å²) in [7, 11) is -3.79. The second-order valence-electron chi connectivity index (χ2n) is 8.21. The van der Waals surface area contributed by atoms with E-state index in [1.807, 2.05) is 13.8 Å². The van der Waals surface area contributed by atoms with Crippen LogP contribution >= 0.6 is 15.9 Å². The third kappa shape index (κ3) is 8.12. The summed E-state index contributed by atoms with van der Waals surface area (Å²) in [6.45, 7) is 5.46. The number of hydrogen-bond donors (Lipinski definition) is 1. The Morgan fingerprint density at radius 2 is 1.73 bits per heavy atom. The standard InChI is InChI=1S/C23H29BrFN3O4S/c1-16(2)13-26-23(30)17(3)27(14-18-8-10-20(25)11-9-18)22(29)15-28(33(4,31)32)21-7-5-6-19(24)12-21/h5-12,16-17H,13-15H2,1-4H3,(H,26,30). The van der Waals surface area contributed by atoms with E-state index in [2.05, 4.69) is 21.2 Å². The highest BCUT2D eigenvalue weighted by molar-refractivity contribution is 9.10. The first kappa shape index (κ1) is 26.8. The second-order valence-corrected chi connectivity index (χ2v) is 11.0. The van der Waals surface area contributed by atoms with E-state index in [4.69, 9.17) is 0 Å². The fourth-order valence-electron chi connectivity index (χ4n) is 3.07. The van der Waals surface area contributed by atoms with Gasteiger partial charge in [0.2, 0.25) is 21.8 Å². The van der Waals surface area contributed by atoms with Gasteiger partial charge in [-0.3, -0.25) is 13.9 Å². The molecule has 33 heavy (non-hydrogen) atoms. The van der Waals surface area contributed by atoms with Crippen molar-refractivity contribution >= 4 is 43.5 Å².